The molecule has 3 aromatic rings. The van der Waals surface area contributed by atoms with Crippen molar-refractivity contribution in [1.29, 1.82) is 5.26 Å². The molecule has 2 fully saturated rings. The van der Waals surface area contributed by atoms with E-state index in [-0.39, 0.29) is 41.1 Å². The van der Waals surface area contributed by atoms with Crippen LogP contribution in [0.5, 0.6) is 0 Å². The van der Waals surface area contributed by atoms with Gasteiger partial charge < -0.3 is 10.2 Å². The number of anilines is 2. The average Bonchev–Trinajstić information content (AvgIpc) is 3.56. The number of hydrogen-bond acceptors (Lipinski definition) is 8. The van der Waals surface area contributed by atoms with Crippen LogP contribution in [0, 0.1) is 34.9 Å². The molecule has 6 rings (SSSR count). The van der Waals surface area contributed by atoms with Crippen molar-refractivity contribution in [2.45, 2.75) is 38.3 Å². The molecule has 3 aliphatic heterocycles. The zero-order valence-electron chi connectivity index (χ0n) is 24.3. The van der Waals surface area contributed by atoms with Crippen LogP contribution < -0.4 is 15.5 Å². The molecule has 2 saturated heterocycles. The van der Waals surface area contributed by atoms with Crippen LogP contribution in [0.1, 0.15) is 58.5 Å². The highest BCUT2D eigenvalue weighted by atomic mass is 19.1. The lowest BCUT2D eigenvalue weighted by molar-refractivity contribution is -0.136. The highest BCUT2D eigenvalue weighted by Crippen LogP contribution is 2.33. The van der Waals surface area contributed by atoms with Gasteiger partial charge in [-0.3, -0.25) is 38.9 Å². The molecular formula is C32H26FN7O5. The molecule has 226 valence electrons. The van der Waals surface area contributed by atoms with E-state index in [4.69, 9.17) is 5.26 Å². The fourth-order valence-corrected chi connectivity index (χ4v) is 5.39. The Hall–Kier alpha value is -5.82. The van der Waals surface area contributed by atoms with Crippen LogP contribution in [-0.2, 0) is 19.9 Å². The average molecular weight is 608 g/mol. The molecule has 1 atom stereocenters. The van der Waals surface area contributed by atoms with Gasteiger partial charge in [0.15, 0.2) is 0 Å². The van der Waals surface area contributed by atoms with Crippen LogP contribution in [0.25, 0.3) is 0 Å². The first-order valence-corrected chi connectivity index (χ1v) is 14.1. The van der Waals surface area contributed by atoms with Crippen LogP contribution in [0.4, 0.5) is 15.8 Å². The number of hydrogen-bond donors (Lipinski definition) is 2. The molecular weight excluding hydrogens is 581 g/mol. The molecule has 0 saturated carbocycles. The third-order valence-electron chi connectivity index (χ3n) is 8.15. The normalized spacial score (nSPS) is 18.0. The number of amides is 5. The van der Waals surface area contributed by atoms with Crippen molar-refractivity contribution < 1.29 is 28.4 Å². The first kappa shape index (κ1) is 29.3. The number of nitriles is 1. The molecule has 12 nitrogen and oxygen atoms in total. The maximum Gasteiger partial charge on any atom is 0.262 e. The minimum absolute atomic E-state index is 0.0292. The molecule has 45 heavy (non-hydrogen) atoms. The van der Waals surface area contributed by atoms with Crippen LogP contribution in [0.15, 0.2) is 48.8 Å². The van der Waals surface area contributed by atoms with E-state index in [9.17, 15) is 28.4 Å². The molecule has 0 bridgehead atoms. The largest absolute Gasteiger partial charge is 0.369 e. The van der Waals surface area contributed by atoms with Crippen molar-refractivity contribution in [2.24, 2.45) is 5.92 Å². The summed E-state index contributed by atoms with van der Waals surface area (Å²) in [4.78, 5) is 65.8. The number of benzene rings is 2. The van der Waals surface area contributed by atoms with Gasteiger partial charge in [0.2, 0.25) is 11.8 Å². The number of carbonyl (C=O) groups is 5. The summed E-state index contributed by atoms with van der Waals surface area (Å²) in [5.41, 5.74) is 0.780. The topological polar surface area (TPSA) is 158 Å². The molecule has 0 radical (unpaired) electrons. The zero-order valence-corrected chi connectivity index (χ0v) is 24.3. The summed E-state index contributed by atoms with van der Waals surface area (Å²) in [6.45, 7) is 4.51. The van der Waals surface area contributed by atoms with Crippen molar-refractivity contribution in [3.8, 4) is 17.9 Å². The van der Waals surface area contributed by atoms with E-state index in [1.165, 1.54) is 16.8 Å². The highest BCUT2D eigenvalue weighted by molar-refractivity contribution is 6.23. The Morgan fingerprint density at radius 3 is 2.56 bits per heavy atom. The summed E-state index contributed by atoms with van der Waals surface area (Å²) < 4.78 is 15.4. The molecule has 2 aromatic carbocycles. The second-order valence-electron chi connectivity index (χ2n) is 11.5. The predicted octanol–water partition coefficient (Wildman–Crippen LogP) is 2.16. The number of rotatable bonds is 5. The van der Waals surface area contributed by atoms with Gasteiger partial charge in [-0.2, -0.15) is 10.4 Å². The molecule has 1 unspecified atom stereocenters. The SMILES string of the molecule is CC(C)(C(=O)Nc1ccc(C#N)c(F)c1)n1cc(C#CC2CN(c3ccc4c(c3)C(=O)N(C3CCC(=O)NC3=O)C4=O)C2)cn1. The molecule has 3 aliphatic rings. The summed E-state index contributed by atoms with van der Waals surface area (Å²) in [6, 6.07) is 9.54. The Kier molecular flexibility index (Phi) is 7.17. The minimum Gasteiger partial charge on any atom is -0.369 e. The lowest BCUT2D eigenvalue weighted by Crippen LogP contribution is -2.54. The van der Waals surface area contributed by atoms with E-state index >= 15 is 0 Å². The Morgan fingerprint density at radius 1 is 1.09 bits per heavy atom. The van der Waals surface area contributed by atoms with Crippen molar-refractivity contribution in [1.82, 2.24) is 20.0 Å². The molecule has 5 amide bonds. The van der Waals surface area contributed by atoms with E-state index in [0.717, 1.165) is 16.7 Å². The number of nitrogens with one attached hydrogen (secondary N) is 2. The van der Waals surface area contributed by atoms with Gasteiger partial charge >= 0.3 is 0 Å². The Morgan fingerprint density at radius 2 is 1.84 bits per heavy atom. The fourth-order valence-electron chi connectivity index (χ4n) is 5.39. The van der Waals surface area contributed by atoms with Crippen LogP contribution in [-0.4, -0.2) is 63.3 Å². The van der Waals surface area contributed by atoms with E-state index < -0.39 is 46.9 Å². The maximum absolute atomic E-state index is 14.0. The Bertz CT molecular complexity index is 1910. The van der Waals surface area contributed by atoms with Gasteiger partial charge in [-0.15, -0.1) is 0 Å². The third-order valence-corrected chi connectivity index (χ3v) is 8.15. The van der Waals surface area contributed by atoms with Gasteiger partial charge in [-0.05, 0) is 56.7 Å². The van der Waals surface area contributed by atoms with Crippen molar-refractivity contribution >= 4 is 40.9 Å². The maximum atomic E-state index is 14.0. The number of carbonyl (C=O) groups excluding carboxylic acids is 5. The predicted molar refractivity (Wildman–Crippen MR) is 157 cm³/mol. The van der Waals surface area contributed by atoms with Gasteiger partial charge in [0.25, 0.3) is 17.7 Å². The van der Waals surface area contributed by atoms with E-state index in [2.05, 4.69) is 27.6 Å². The van der Waals surface area contributed by atoms with Crippen LogP contribution in [0.3, 0.4) is 0 Å². The quantitative estimate of drug-likeness (QED) is 0.330. The summed E-state index contributed by atoms with van der Waals surface area (Å²) in [5, 5.41) is 18.0. The third kappa shape index (κ3) is 5.29. The Balaban J connectivity index is 1.07. The minimum atomic E-state index is -1.13. The highest BCUT2D eigenvalue weighted by Gasteiger charge is 2.45. The van der Waals surface area contributed by atoms with Crippen molar-refractivity contribution in [2.75, 3.05) is 23.3 Å². The number of imide groups is 2. The summed E-state index contributed by atoms with van der Waals surface area (Å²) in [5.74, 6) is 2.97. The van der Waals surface area contributed by atoms with Crippen molar-refractivity contribution in [3.63, 3.8) is 0 Å². The van der Waals surface area contributed by atoms with Crippen LogP contribution >= 0.6 is 0 Å². The van der Waals surface area contributed by atoms with E-state index in [1.807, 2.05) is 4.90 Å². The summed E-state index contributed by atoms with van der Waals surface area (Å²) in [6.07, 6.45) is 3.36. The molecule has 4 heterocycles. The number of piperidine rings is 1. The first-order valence-electron chi connectivity index (χ1n) is 14.1. The summed E-state index contributed by atoms with van der Waals surface area (Å²) in [7, 11) is 0. The smallest absolute Gasteiger partial charge is 0.262 e. The molecule has 2 N–H and O–H groups in total. The van der Waals surface area contributed by atoms with Crippen LogP contribution in [0.2, 0.25) is 0 Å². The van der Waals surface area contributed by atoms with Gasteiger partial charge in [-0.1, -0.05) is 11.8 Å². The fraction of sp³-hybridized carbons (Fsp3) is 0.281. The standard InChI is InChI=1S/C32H26FN7O5/c1-32(2,31(45)36-21-6-5-20(13-34)25(33)11-21)39-17-18(14-35-39)3-4-19-15-38(16-19)22-7-8-23-24(12-22)30(44)40(29(23)43)26-9-10-27(41)37-28(26)42/h5-8,11-12,14,17,19,26H,9-10,15-16H2,1-2H3,(H,36,45)(H,37,41,42). The lowest BCUT2D eigenvalue weighted by atomic mass is 9.98. The second kappa shape index (κ2) is 11.0. The second-order valence-corrected chi connectivity index (χ2v) is 11.5. The number of aromatic nitrogens is 2. The number of fused-ring (bicyclic) bond motifs is 1. The van der Waals surface area contributed by atoms with E-state index in [1.54, 1.807) is 50.5 Å². The molecule has 13 heteroatoms. The monoisotopic (exact) mass is 607 g/mol. The Labute approximate surface area is 256 Å². The molecule has 0 spiro atoms. The van der Waals surface area contributed by atoms with Crippen molar-refractivity contribution in [3.05, 3.63) is 76.9 Å². The molecule has 1 aromatic heterocycles. The number of nitrogens with zero attached hydrogens (tertiary/aromatic N) is 5. The zero-order chi connectivity index (χ0) is 32.0. The number of halogens is 1. The lowest BCUT2D eigenvalue weighted by Gasteiger charge is -2.38. The van der Waals surface area contributed by atoms with Gasteiger partial charge in [0.1, 0.15) is 23.5 Å². The first-order chi connectivity index (χ1) is 21.5. The van der Waals surface area contributed by atoms with Gasteiger partial charge in [-0.25, -0.2) is 4.39 Å². The molecule has 0 aliphatic carbocycles. The van der Waals surface area contributed by atoms with E-state index in [0.29, 0.717) is 18.7 Å². The van der Waals surface area contributed by atoms with Gasteiger partial charge in [0.05, 0.1) is 34.4 Å². The summed E-state index contributed by atoms with van der Waals surface area (Å²) >= 11 is 0. The van der Waals surface area contributed by atoms with Gasteiger partial charge in [0, 0.05) is 37.1 Å².